The van der Waals surface area contributed by atoms with Gasteiger partial charge < -0.3 is 14.8 Å². The second kappa shape index (κ2) is 11.7. The Morgan fingerprint density at radius 3 is 2.69 bits per heavy atom. The van der Waals surface area contributed by atoms with Crippen LogP contribution in [-0.2, 0) is 13.0 Å². The number of rotatable bonds is 9. The van der Waals surface area contributed by atoms with E-state index in [1.165, 1.54) is 0 Å². The Balaban J connectivity index is 2.25. The molecule has 0 aliphatic carbocycles. The topological polar surface area (TPSA) is 54.9 Å². The minimum atomic E-state index is 0.280. The van der Waals surface area contributed by atoms with Crippen LogP contribution in [0.4, 0.5) is 0 Å². The highest BCUT2D eigenvalue weighted by atomic mass is 35.5. The number of hydrazone groups is 1. The van der Waals surface area contributed by atoms with Gasteiger partial charge >= 0.3 is 0 Å². The summed E-state index contributed by atoms with van der Waals surface area (Å²) in [7, 11) is 1.59. The predicted molar refractivity (Wildman–Crippen MR) is 125 cm³/mol. The summed E-state index contributed by atoms with van der Waals surface area (Å²) in [6.07, 6.45) is 4.07. The highest BCUT2D eigenvalue weighted by Gasteiger charge is 2.13. The van der Waals surface area contributed by atoms with E-state index in [2.05, 4.69) is 22.4 Å². The van der Waals surface area contributed by atoms with Crippen LogP contribution in [0.5, 0.6) is 11.5 Å². The molecule has 8 heteroatoms. The molecule has 2 aromatic carbocycles. The summed E-state index contributed by atoms with van der Waals surface area (Å²) in [6, 6.07) is 9.11. The zero-order chi connectivity index (χ0) is 21.2. The zero-order valence-electron chi connectivity index (χ0n) is 16.3. The zero-order valence-corrected chi connectivity index (χ0v) is 18.6. The summed E-state index contributed by atoms with van der Waals surface area (Å²) in [6.45, 7) is 6.79. The number of benzene rings is 2. The third-order valence-corrected chi connectivity index (χ3v) is 4.67. The second-order valence-electron chi connectivity index (χ2n) is 5.96. The molecule has 0 aliphatic rings. The SMILES string of the molecule is C=CCc1cc(C=NNC(=S)NCC)cc(OC)c1OCc1ccc(Cl)cc1Cl. The Hall–Kier alpha value is -2.28. The first kappa shape index (κ1) is 23.0. The Kier molecular flexibility index (Phi) is 9.25. The molecular weight excluding hydrogens is 429 g/mol. The van der Waals surface area contributed by atoms with E-state index in [-0.39, 0.29) is 6.61 Å². The smallest absolute Gasteiger partial charge is 0.186 e. The van der Waals surface area contributed by atoms with Gasteiger partial charge in [-0.1, -0.05) is 35.3 Å². The van der Waals surface area contributed by atoms with E-state index in [1.807, 2.05) is 25.1 Å². The minimum Gasteiger partial charge on any atom is -0.493 e. The number of nitrogens with one attached hydrogen (secondary N) is 2. The number of halogens is 2. The van der Waals surface area contributed by atoms with Crippen molar-refractivity contribution in [2.75, 3.05) is 13.7 Å². The van der Waals surface area contributed by atoms with Crippen LogP contribution < -0.4 is 20.2 Å². The van der Waals surface area contributed by atoms with Crippen molar-refractivity contribution < 1.29 is 9.47 Å². The predicted octanol–water partition coefficient (Wildman–Crippen LogP) is 5.13. The third kappa shape index (κ3) is 6.92. The molecule has 0 radical (unpaired) electrons. The van der Waals surface area contributed by atoms with Gasteiger partial charge in [0.05, 0.1) is 13.3 Å². The maximum atomic E-state index is 6.25. The minimum absolute atomic E-state index is 0.280. The number of hydrogen-bond acceptors (Lipinski definition) is 4. The number of allylic oxidation sites excluding steroid dienone is 1. The van der Waals surface area contributed by atoms with Crippen molar-refractivity contribution in [2.24, 2.45) is 5.10 Å². The van der Waals surface area contributed by atoms with Crippen LogP contribution in [0, 0.1) is 0 Å². The molecule has 0 aromatic heterocycles. The standard InChI is InChI=1S/C21H23Cl2N3O2S/c1-4-6-15-9-14(12-25-26-21(29)24-5-2)10-19(27-3)20(15)28-13-16-7-8-17(22)11-18(16)23/h4,7-12H,1,5-6,13H2,2-3H3,(H2,24,26,29). The quantitative estimate of drug-likeness (QED) is 0.239. The highest BCUT2D eigenvalue weighted by Crippen LogP contribution is 2.34. The van der Waals surface area contributed by atoms with Gasteiger partial charge in [0.25, 0.3) is 0 Å². The van der Waals surface area contributed by atoms with Crippen LogP contribution in [0.2, 0.25) is 10.0 Å². The highest BCUT2D eigenvalue weighted by molar-refractivity contribution is 7.80. The summed E-state index contributed by atoms with van der Waals surface area (Å²) in [5, 5.41) is 8.70. The molecule has 2 N–H and O–H groups in total. The normalized spacial score (nSPS) is 10.6. The van der Waals surface area contributed by atoms with Crippen LogP contribution in [0.3, 0.4) is 0 Å². The van der Waals surface area contributed by atoms with E-state index in [9.17, 15) is 0 Å². The lowest BCUT2D eigenvalue weighted by atomic mass is 10.1. The maximum Gasteiger partial charge on any atom is 0.186 e. The van der Waals surface area contributed by atoms with Gasteiger partial charge in [0.2, 0.25) is 0 Å². The molecule has 0 amide bonds. The Bertz CT molecular complexity index is 904. The van der Waals surface area contributed by atoms with E-state index < -0.39 is 0 Å². The summed E-state index contributed by atoms with van der Waals surface area (Å²) >= 11 is 17.3. The first-order valence-corrected chi connectivity index (χ1v) is 10.1. The number of ether oxygens (including phenoxy) is 2. The van der Waals surface area contributed by atoms with Gasteiger partial charge in [0, 0.05) is 27.7 Å². The summed E-state index contributed by atoms with van der Waals surface area (Å²) in [5.41, 5.74) is 5.35. The van der Waals surface area contributed by atoms with Crippen LogP contribution in [-0.4, -0.2) is 25.0 Å². The van der Waals surface area contributed by atoms with Gasteiger partial charge in [-0.25, -0.2) is 0 Å². The van der Waals surface area contributed by atoms with Gasteiger partial charge in [0.1, 0.15) is 6.61 Å². The average molecular weight is 452 g/mol. The maximum absolute atomic E-state index is 6.25. The largest absolute Gasteiger partial charge is 0.493 e. The molecule has 0 saturated carbocycles. The monoisotopic (exact) mass is 451 g/mol. The van der Waals surface area contributed by atoms with E-state index in [1.54, 1.807) is 31.5 Å². The lowest BCUT2D eigenvalue weighted by molar-refractivity contribution is 0.282. The molecule has 0 fully saturated rings. The molecule has 0 atom stereocenters. The third-order valence-electron chi connectivity index (χ3n) is 3.84. The lowest BCUT2D eigenvalue weighted by Gasteiger charge is -2.16. The first-order valence-electron chi connectivity index (χ1n) is 8.93. The van der Waals surface area contributed by atoms with Gasteiger partial charge in [-0.05, 0) is 55.4 Å². The van der Waals surface area contributed by atoms with Gasteiger partial charge in [-0.3, -0.25) is 5.43 Å². The fourth-order valence-electron chi connectivity index (χ4n) is 2.53. The van der Waals surface area contributed by atoms with Crippen molar-refractivity contribution in [1.29, 1.82) is 0 Å². The van der Waals surface area contributed by atoms with Crippen LogP contribution >= 0.6 is 35.4 Å². The molecule has 0 aliphatic heterocycles. The number of hydrogen-bond donors (Lipinski definition) is 2. The first-order chi connectivity index (χ1) is 14.0. The van der Waals surface area contributed by atoms with E-state index in [4.69, 9.17) is 44.9 Å². The number of methoxy groups -OCH3 is 1. The molecular formula is C21H23Cl2N3O2S. The van der Waals surface area contributed by atoms with Crippen LogP contribution in [0.1, 0.15) is 23.6 Å². The van der Waals surface area contributed by atoms with Crippen molar-refractivity contribution in [2.45, 2.75) is 20.0 Å². The molecule has 0 saturated heterocycles. The second-order valence-corrected chi connectivity index (χ2v) is 7.21. The summed E-state index contributed by atoms with van der Waals surface area (Å²) in [4.78, 5) is 0. The fourth-order valence-corrected chi connectivity index (χ4v) is 3.19. The van der Waals surface area contributed by atoms with E-state index >= 15 is 0 Å². The molecule has 0 heterocycles. The molecule has 5 nitrogen and oxygen atoms in total. The van der Waals surface area contributed by atoms with Crippen molar-refractivity contribution in [1.82, 2.24) is 10.7 Å². The fraction of sp³-hybridized carbons (Fsp3) is 0.238. The summed E-state index contributed by atoms with van der Waals surface area (Å²) < 4.78 is 11.6. The lowest BCUT2D eigenvalue weighted by Crippen LogP contribution is -2.31. The molecule has 2 aromatic rings. The van der Waals surface area contributed by atoms with Crippen molar-refractivity contribution in [3.8, 4) is 11.5 Å². The molecule has 29 heavy (non-hydrogen) atoms. The van der Waals surface area contributed by atoms with Crippen LogP contribution in [0.15, 0.2) is 48.1 Å². The number of nitrogens with zero attached hydrogens (tertiary/aromatic N) is 1. The Morgan fingerprint density at radius 2 is 2.03 bits per heavy atom. The molecule has 2 rings (SSSR count). The summed E-state index contributed by atoms with van der Waals surface area (Å²) in [5.74, 6) is 1.22. The Labute approximate surface area is 186 Å². The van der Waals surface area contributed by atoms with E-state index in [0.29, 0.717) is 33.1 Å². The molecule has 0 spiro atoms. The van der Waals surface area contributed by atoms with Crippen LogP contribution in [0.25, 0.3) is 0 Å². The van der Waals surface area contributed by atoms with Crippen molar-refractivity contribution in [3.05, 3.63) is 69.7 Å². The number of thiocarbonyl (C=S) groups is 1. The van der Waals surface area contributed by atoms with E-state index in [0.717, 1.165) is 23.2 Å². The molecule has 154 valence electrons. The van der Waals surface area contributed by atoms with Gasteiger partial charge in [-0.15, -0.1) is 6.58 Å². The van der Waals surface area contributed by atoms with Gasteiger partial charge in [0.15, 0.2) is 16.6 Å². The molecule has 0 unspecified atom stereocenters. The Morgan fingerprint density at radius 1 is 1.24 bits per heavy atom. The van der Waals surface area contributed by atoms with Crippen molar-refractivity contribution >= 4 is 46.7 Å². The molecule has 0 bridgehead atoms. The van der Waals surface area contributed by atoms with Crippen molar-refractivity contribution in [3.63, 3.8) is 0 Å². The average Bonchev–Trinajstić information content (AvgIpc) is 2.68. The van der Waals surface area contributed by atoms with Gasteiger partial charge in [-0.2, -0.15) is 5.10 Å².